The van der Waals surface area contributed by atoms with Gasteiger partial charge in [-0.2, -0.15) is 0 Å². The number of rotatable bonds is 2. The van der Waals surface area contributed by atoms with Gasteiger partial charge in [0.25, 0.3) is 0 Å². The second-order valence-corrected chi connectivity index (χ2v) is 3.60. The molecule has 0 bridgehead atoms. The highest BCUT2D eigenvalue weighted by molar-refractivity contribution is 6.31. The number of hydrogen-bond acceptors (Lipinski definition) is 3. The number of para-hydroxylation sites is 1. The van der Waals surface area contributed by atoms with Gasteiger partial charge in [-0.05, 0) is 12.1 Å². The molecule has 3 nitrogen and oxygen atoms in total. The summed E-state index contributed by atoms with van der Waals surface area (Å²) in [5.74, 6) is 0.142. The van der Waals surface area contributed by atoms with Crippen LogP contribution < -0.4 is 0 Å². The van der Waals surface area contributed by atoms with Crippen LogP contribution in [0.1, 0.15) is 10.4 Å². The van der Waals surface area contributed by atoms with Gasteiger partial charge in [0.15, 0.2) is 6.29 Å². The van der Waals surface area contributed by atoms with Gasteiger partial charge in [-0.15, -0.1) is 0 Å². The van der Waals surface area contributed by atoms with Crippen molar-refractivity contribution in [1.82, 2.24) is 4.98 Å². The molecule has 0 unspecified atom stereocenters. The maximum Gasteiger partial charge on any atom is 0.153 e. The third kappa shape index (κ3) is 1.90. The van der Waals surface area contributed by atoms with E-state index >= 15 is 0 Å². The topological polar surface area (TPSA) is 50.2 Å². The van der Waals surface area contributed by atoms with E-state index in [4.69, 9.17) is 11.6 Å². The second-order valence-electron chi connectivity index (χ2n) is 3.24. The van der Waals surface area contributed by atoms with Gasteiger partial charge in [0, 0.05) is 17.3 Å². The Morgan fingerprint density at radius 1 is 1.31 bits per heavy atom. The van der Waals surface area contributed by atoms with E-state index in [1.165, 1.54) is 6.20 Å². The summed E-state index contributed by atoms with van der Waals surface area (Å²) in [6.07, 6.45) is 2.16. The summed E-state index contributed by atoms with van der Waals surface area (Å²) in [6, 6.07) is 8.43. The normalized spacial score (nSPS) is 10.1. The summed E-state index contributed by atoms with van der Waals surface area (Å²) >= 11 is 5.72. The zero-order valence-electron chi connectivity index (χ0n) is 8.22. The van der Waals surface area contributed by atoms with Gasteiger partial charge >= 0.3 is 0 Å². The highest BCUT2D eigenvalue weighted by Crippen LogP contribution is 2.29. The fourth-order valence-corrected chi connectivity index (χ4v) is 1.56. The SMILES string of the molecule is O=Cc1cc(-c2ccccc2O)cnc1Cl. The van der Waals surface area contributed by atoms with E-state index < -0.39 is 0 Å². The molecule has 1 aromatic carbocycles. The number of hydrogen-bond donors (Lipinski definition) is 1. The van der Waals surface area contributed by atoms with Crippen molar-refractivity contribution in [3.05, 3.63) is 47.2 Å². The maximum atomic E-state index is 10.7. The summed E-state index contributed by atoms with van der Waals surface area (Å²) in [5.41, 5.74) is 1.58. The van der Waals surface area contributed by atoms with Gasteiger partial charge in [-0.25, -0.2) is 4.98 Å². The lowest BCUT2D eigenvalue weighted by Gasteiger charge is -2.05. The number of carbonyl (C=O) groups is 1. The Balaban J connectivity index is 2.57. The number of carbonyl (C=O) groups excluding carboxylic acids is 1. The molecule has 0 aliphatic rings. The van der Waals surface area contributed by atoms with Crippen LogP contribution in [0, 0.1) is 0 Å². The molecule has 80 valence electrons. The van der Waals surface area contributed by atoms with E-state index in [-0.39, 0.29) is 10.9 Å². The number of aromatic nitrogens is 1. The molecule has 4 heteroatoms. The first-order chi connectivity index (χ1) is 7.72. The van der Waals surface area contributed by atoms with Crippen molar-refractivity contribution in [2.75, 3.05) is 0 Å². The molecule has 1 heterocycles. The zero-order chi connectivity index (χ0) is 11.5. The predicted molar refractivity (Wildman–Crippen MR) is 61.7 cm³/mol. The van der Waals surface area contributed by atoms with E-state index in [0.29, 0.717) is 23.0 Å². The highest BCUT2D eigenvalue weighted by atomic mass is 35.5. The van der Waals surface area contributed by atoms with Crippen LogP contribution >= 0.6 is 11.6 Å². The van der Waals surface area contributed by atoms with Crippen molar-refractivity contribution in [3.8, 4) is 16.9 Å². The van der Waals surface area contributed by atoms with Crippen LogP contribution in [0.4, 0.5) is 0 Å². The smallest absolute Gasteiger partial charge is 0.153 e. The van der Waals surface area contributed by atoms with Gasteiger partial charge < -0.3 is 5.11 Å². The summed E-state index contributed by atoms with van der Waals surface area (Å²) < 4.78 is 0. The number of benzene rings is 1. The monoisotopic (exact) mass is 233 g/mol. The van der Waals surface area contributed by atoms with Gasteiger partial charge in [0.1, 0.15) is 10.9 Å². The van der Waals surface area contributed by atoms with Crippen molar-refractivity contribution in [2.45, 2.75) is 0 Å². The average molecular weight is 234 g/mol. The molecule has 0 aliphatic heterocycles. The molecule has 16 heavy (non-hydrogen) atoms. The third-order valence-electron chi connectivity index (χ3n) is 2.21. The molecule has 0 saturated heterocycles. The maximum absolute atomic E-state index is 10.7. The molecule has 0 amide bonds. The van der Waals surface area contributed by atoms with Crippen molar-refractivity contribution >= 4 is 17.9 Å². The van der Waals surface area contributed by atoms with Crippen molar-refractivity contribution in [1.29, 1.82) is 0 Å². The van der Waals surface area contributed by atoms with Gasteiger partial charge in [0.2, 0.25) is 0 Å². The molecule has 0 fully saturated rings. The first-order valence-electron chi connectivity index (χ1n) is 4.61. The molecule has 2 aromatic rings. The van der Waals surface area contributed by atoms with Crippen LogP contribution in [0.15, 0.2) is 36.5 Å². The van der Waals surface area contributed by atoms with E-state index in [9.17, 15) is 9.90 Å². The Bertz CT molecular complexity index is 540. The molecule has 1 aromatic heterocycles. The van der Waals surface area contributed by atoms with E-state index in [1.807, 2.05) is 0 Å². The number of nitrogens with zero attached hydrogens (tertiary/aromatic N) is 1. The molecule has 1 N–H and O–H groups in total. The van der Waals surface area contributed by atoms with Crippen LogP contribution in [0.3, 0.4) is 0 Å². The number of pyridine rings is 1. The van der Waals surface area contributed by atoms with E-state index in [1.54, 1.807) is 30.3 Å². The van der Waals surface area contributed by atoms with E-state index in [0.717, 1.165) is 0 Å². The fraction of sp³-hybridized carbons (Fsp3) is 0. The standard InChI is InChI=1S/C12H8ClNO2/c13-12-9(7-15)5-8(6-14-12)10-3-1-2-4-11(10)16/h1-7,16H. The minimum Gasteiger partial charge on any atom is -0.507 e. The Morgan fingerprint density at radius 2 is 2.06 bits per heavy atom. The number of halogens is 1. The Labute approximate surface area is 97.3 Å². The highest BCUT2D eigenvalue weighted by Gasteiger charge is 2.07. The number of aldehydes is 1. The van der Waals surface area contributed by atoms with Crippen LogP contribution in [0.5, 0.6) is 5.75 Å². The fourth-order valence-electron chi connectivity index (χ4n) is 1.41. The molecule has 0 spiro atoms. The van der Waals surface area contributed by atoms with Crippen molar-refractivity contribution < 1.29 is 9.90 Å². The average Bonchev–Trinajstić information content (AvgIpc) is 2.31. The summed E-state index contributed by atoms with van der Waals surface area (Å²) in [5, 5.41) is 9.81. The van der Waals surface area contributed by atoms with Crippen LogP contribution in [0.25, 0.3) is 11.1 Å². The molecule has 0 aliphatic carbocycles. The largest absolute Gasteiger partial charge is 0.507 e. The van der Waals surface area contributed by atoms with Crippen LogP contribution in [-0.2, 0) is 0 Å². The number of phenolic OH excluding ortho intramolecular Hbond substituents is 1. The second kappa shape index (κ2) is 4.33. The lowest BCUT2D eigenvalue weighted by Crippen LogP contribution is -1.88. The minimum absolute atomic E-state index is 0.142. The summed E-state index contributed by atoms with van der Waals surface area (Å²) in [7, 11) is 0. The van der Waals surface area contributed by atoms with E-state index in [2.05, 4.69) is 4.98 Å². The summed E-state index contributed by atoms with van der Waals surface area (Å²) in [6.45, 7) is 0. The molecule has 2 rings (SSSR count). The summed E-state index contributed by atoms with van der Waals surface area (Å²) in [4.78, 5) is 14.6. The van der Waals surface area contributed by atoms with Gasteiger partial charge in [0.05, 0.1) is 5.56 Å². The Kier molecular flexibility index (Phi) is 2.88. The number of phenols is 1. The van der Waals surface area contributed by atoms with Gasteiger partial charge in [-0.1, -0.05) is 29.8 Å². The zero-order valence-corrected chi connectivity index (χ0v) is 8.98. The molecular weight excluding hydrogens is 226 g/mol. The van der Waals surface area contributed by atoms with Crippen molar-refractivity contribution in [2.24, 2.45) is 0 Å². The molecule has 0 radical (unpaired) electrons. The lowest BCUT2D eigenvalue weighted by molar-refractivity contribution is 0.112. The molecule has 0 atom stereocenters. The predicted octanol–water partition coefficient (Wildman–Crippen LogP) is 2.92. The van der Waals surface area contributed by atoms with Crippen molar-refractivity contribution in [3.63, 3.8) is 0 Å². The Hall–Kier alpha value is -1.87. The first kappa shape index (κ1) is 10.6. The molecular formula is C12H8ClNO2. The van der Waals surface area contributed by atoms with Gasteiger partial charge in [-0.3, -0.25) is 4.79 Å². The van der Waals surface area contributed by atoms with Crippen LogP contribution in [0.2, 0.25) is 5.15 Å². The minimum atomic E-state index is 0.142. The Morgan fingerprint density at radius 3 is 2.75 bits per heavy atom. The molecule has 0 saturated carbocycles. The third-order valence-corrected chi connectivity index (χ3v) is 2.52. The van der Waals surface area contributed by atoms with Crippen LogP contribution in [-0.4, -0.2) is 16.4 Å². The lowest BCUT2D eigenvalue weighted by atomic mass is 10.1. The quantitative estimate of drug-likeness (QED) is 0.641. The number of aromatic hydroxyl groups is 1. The first-order valence-corrected chi connectivity index (χ1v) is 4.99.